The molecule has 1 amide bonds. The van der Waals surface area contributed by atoms with Gasteiger partial charge < -0.3 is 9.84 Å². The van der Waals surface area contributed by atoms with Crippen LogP contribution in [0.1, 0.15) is 29.2 Å². The van der Waals surface area contributed by atoms with Crippen molar-refractivity contribution in [3.63, 3.8) is 0 Å². The van der Waals surface area contributed by atoms with Gasteiger partial charge in [0.2, 0.25) is 0 Å². The fourth-order valence-corrected chi connectivity index (χ4v) is 4.96. The van der Waals surface area contributed by atoms with E-state index in [9.17, 15) is 9.90 Å². The smallest absolute Gasteiger partial charge is 0.311 e. The van der Waals surface area contributed by atoms with Crippen molar-refractivity contribution in [2.45, 2.75) is 12.5 Å². The summed E-state index contributed by atoms with van der Waals surface area (Å²) in [5.74, 6) is 1.42. The lowest BCUT2D eigenvalue weighted by Gasteiger charge is -2.24. The van der Waals surface area contributed by atoms with E-state index in [4.69, 9.17) is 9.84 Å². The van der Waals surface area contributed by atoms with E-state index in [1.54, 1.807) is 24.3 Å². The van der Waals surface area contributed by atoms with Crippen molar-refractivity contribution in [2.75, 3.05) is 7.11 Å². The molecule has 2 aliphatic rings. The van der Waals surface area contributed by atoms with E-state index in [1.807, 2.05) is 66.7 Å². The molecule has 5 rings (SSSR count). The second-order valence-electron chi connectivity index (χ2n) is 7.76. The summed E-state index contributed by atoms with van der Waals surface area (Å²) < 4.78 is 6.26. The van der Waals surface area contributed by atoms with Gasteiger partial charge in [0.25, 0.3) is 0 Å². The molecule has 170 valence electrons. The standard InChI is InChI=1S/C26H20BrN3O3S/c1-33-19-12-8-17(9-13-19)21-15-22(20-4-2-3-5-23(20)31)30(29-21)25-24(34-26(32)28-25)14-16-6-10-18(27)11-7-16/h2-14,22,31H,15H2,1H3/b24-14-. The van der Waals surface area contributed by atoms with E-state index in [0.29, 0.717) is 17.2 Å². The quantitative estimate of drug-likeness (QED) is 0.407. The first-order valence-corrected chi connectivity index (χ1v) is 12.2. The maximum absolute atomic E-state index is 12.4. The van der Waals surface area contributed by atoms with Gasteiger partial charge in [0.05, 0.1) is 23.8 Å². The number of carbonyl (C=O) groups excluding carboxylic acids is 1. The van der Waals surface area contributed by atoms with Crippen LogP contribution >= 0.6 is 27.7 Å². The first-order valence-electron chi connectivity index (χ1n) is 10.6. The molecule has 0 spiro atoms. The third-order valence-electron chi connectivity index (χ3n) is 5.63. The maximum Gasteiger partial charge on any atom is 0.311 e. The number of hydrazone groups is 1. The van der Waals surface area contributed by atoms with Crippen LogP contribution in [0.3, 0.4) is 0 Å². The normalized spacial score (nSPS) is 18.9. The molecule has 1 atom stereocenters. The number of amides is 1. The number of phenolic OH excluding ortho intramolecular Hbond substituents is 1. The Kier molecular flexibility index (Phi) is 6.26. The number of para-hydroxylation sites is 1. The van der Waals surface area contributed by atoms with E-state index >= 15 is 0 Å². The molecule has 0 aromatic heterocycles. The SMILES string of the molecule is COc1ccc(C2=NN(C3=NC(=O)S/C3=C\c3ccc(Br)cc3)C(c3ccccc3O)C2)cc1. The Labute approximate surface area is 209 Å². The van der Waals surface area contributed by atoms with Crippen molar-refractivity contribution in [2.24, 2.45) is 10.1 Å². The molecule has 0 radical (unpaired) electrons. The minimum absolute atomic E-state index is 0.180. The second kappa shape index (κ2) is 9.48. The Hall–Kier alpha value is -3.36. The predicted molar refractivity (Wildman–Crippen MR) is 139 cm³/mol. The van der Waals surface area contributed by atoms with Gasteiger partial charge in [0.1, 0.15) is 11.5 Å². The molecule has 0 fully saturated rings. The number of ether oxygens (including phenoxy) is 1. The summed E-state index contributed by atoms with van der Waals surface area (Å²) in [6.45, 7) is 0. The van der Waals surface area contributed by atoms with Gasteiger partial charge in [-0.1, -0.05) is 46.3 Å². The summed E-state index contributed by atoms with van der Waals surface area (Å²) in [4.78, 5) is 17.4. The first-order chi connectivity index (χ1) is 16.5. The molecule has 0 aliphatic carbocycles. The topological polar surface area (TPSA) is 74.5 Å². The molecule has 3 aromatic rings. The largest absolute Gasteiger partial charge is 0.508 e. The van der Waals surface area contributed by atoms with Crippen molar-refractivity contribution in [3.8, 4) is 11.5 Å². The molecule has 0 bridgehead atoms. The van der Waals surface area contributed by atoms with E-state index in [1.165, 1.54) is 0 Å². The highest BCUT2D eigenvalue weighted by Gasteiger charge is 2.37. The average Bonchev–Trinajstić information content (AvgIpc) is 3.44. The van der Waals surface area contributed by atoms with Crippen LogP contribution in [-0.4, -0.2) is 34.0 Å². The zero-order valence-electron chi connectivity index (χ0n) is 18.2. The first kappa shape index (κ1) is 22.4. The number of hydrogen-bond acceptors (Lipinski definition) is 6. The van der Waals surface area contributed by atoms with Crippen LogP contribution in [-0.2, 0) is 0 Å². The van der Waals surface area contributed by atoms with E-state index in [-0.39, 0.29) is 17.0 Å². The van der Waals surface area contributed by atoms with Crippen LogP contribution in [0.5, 0.6) is 11.5 Å². The number of hydrogen-bond donors (Lipinski definition) is 1. The molecule has 2 heterocycles. The number of aromatic hydroxyl groups is 1. The number of thioether (sulfide) groups is 1. The summed E-state index contributed by atoms with van der Waals surface area (Å²) >= 11 is 4.53. The van der Waals surface area contributed by atoms with E-state index in [2.05, 4.69) is 20.9 Å². The summed E-state index contributed by atoms with van der Waals surface area (Å²) in [6, 6.07) is 22.4. The fraction of sp³-hybridized carbons (Fsp3) is 0.115. The lowest BCUT2D eigenvalue weighted by molar-refractivity contribution is 0.267. The second-order valence-corrected chi connectivity index (χ2v) is 9.67. The number of halogens is 1. The highest BCUT2D eigenvalue weighted by Crippen LogP contribution is 2.41. The molecular weight excluding hydrogens is 514 g/mol. The Bertz CT molecular complexity index is 1330. The number of aliphatic imine (C=N–C) groups is 1. The van der Waals surface area contributed by atoms with Gasteiger partial charge in [-0.2, -0.15) is 10.1 Å². The molecule has 6 nitrogen and oxygen atoms in total. The third-order valence-corrected chi connectivity index (χ3v) is 6.94. The maximum atomic E-state index is 12.4. The highest BCUT2D eigenvalue weighted by atomic mass is 79.9. The van der Waals surface area contributed by atoms with E-state index in [0.717, 1.165) is 44.4 Å². The van der Waals surface area contributed by atoms with Crippen LogP contribution in [0.25, 0.3) is 6.08 Å². The van der Waals surface area contributed by atoms with Crippen LogP contribution < -0.4 is 4.74 Å². The van der Waals surface area contributed by atoms with Crippen molar-refractivity contribution in [3.05, 3.63) is 98.9 Å². The van der Waals surface area contributed by atoms with Gasteiger partial charge >= 0.3 is 5.24 Å². The molecule has 34 heavy (non-hydrogen) atoms. The molecule has 8 heteroatoms. The Balaban J connectivity index is 1.57. The zero-order valence-corrected chi connectivity index (χ0v) is 20.6. The fourth-order valence-electron chi connectivity index (χ4n) is 3.95. The van der Waals surface area contributed by atoms with Crippen molar-refractivity contribution < 1.29 is 14.6 Å². The Morgan fingerprint density at radius 1 is 1.09 bits per heavy atom. The molecular formula is C26H20BrN3O3S. The summed E-state index contributed by atoms with van der Waals surface area (Å²) in [7, 11) is 1.63. The zero-order chi connectivity index (χ0) is 23.7. The van der Waals surface area contributed by atoms with Crippen LogP contribution in [0.2, 0.25) is 0 Å². The van der Waals surface area contributed by atoms with Gasteiger partial charge in [0, 0.05) is 16.5 Å². The van der Waals surface area contributed by atoms with Gasteiger partial charge in [0.15, 0.2) is 5.84 Å². The van der Waals surface area contributed by atoms with Crippen molar-refractivity contribution in [1.29, 1.82) is 0 Å². The third kappa shape index (κ3) is 4.51. The molecule has 2 aliphatic heterocycles. The summed E-state index contributed by atoms with van der Waals surface area (Å²) in [6.07, 6.45) is 2.48. The van der Waals surface area contributed by atoms with Crippen molar-refractivity contribution >= 4 is 50.6 Å². The van der Waals surface area contributed by atoms with Gasteiger partial charge in [-0.25, -0.2) is 5.01 Å². The molecule has 1 N–H and O–H groups in total. The molecule has 0 saturated carbocycles. The average molecular weight is 534 g/mol. The van der Waals surface area contributed by atoms with Gasteiger partial charge in [-0.3, -0.25) is 4.79 Å². The van der Waals surface area contributed by atoms with Crippen LogP contribution in [0.15, 0.2) is 92.3 Å². The predicted octanol–water partition coefficient (Wildman–Crippen LogP) is 6.62. The number of amidine groups is 1. The minimum Gasteiger partial charge on any atom is -0.508 e. The van der Waals surface area contributed by atoms with Crippen molar-refractivity contribution in [1.82, 2.24) is 5.01 Å². The van der Waals surface area contributed by atoms with Gasteiger partial charge in [-0.15, -0.1) is 0 Å². The summed E-state index contributed by atoms with van der Waals surface area (Å²) in [5, 5.41) is 17.0. The minimum atomic E-state index is -0.308. The highest BCUT2D eigenvalue weighted by molar-refractivity contribution is 9.10. The number of phenols is 1. The lowest BCUT2D eigenvalue weighted by Crippen LogP contribution is -2.26. The number of rotatable bonds is 4. The molecule has 1 unspecified atom stereocenters. The monoisotopic (exact) mass is 533 g/mol. The molecule has 3 aromatic carbocycles. The van der Waals surface area contributed by atoms with E-state index < -0.39 is 0 Å². The number of benzene rings is 3. The number of nitrogens with zero attached hydrogens (tertiary/aromatic N) is 3. The summed E-state index contributed by atoms with van der Waals surface area (Å²) in [5.41, 5.74) is 3.46. The lowest BCUT2D eigenvalue weighted by atomic mass is 9.97. The Morgan fingerprint density at radius 2 is 1.82 bits per heavy atom. The van der Waals surface area contributed by atoms with Crippen LogP contribution in [0, 0.1) is 0 Å². The Morgan fingerprint density at radius 3 is 2.53 bits per heavy atom. The van der Waals surface area contributed by atoms with Crippen LogP contribution in [0.4, 0.5) is 4.79 Å². The number of methoxy groups -OCH3 is 1. The van der Waals surface area contributed by atoms with Gasteiger partial charge in [-0.05, 0) is 71.4 Å². The molecule has 0 saturated heterocycles. The number of carbonyl (C=O) groups is 1.